The van der Waals surface area contributed by atoms with E-state index in [-0.39, 0.29) is 11.9 Å². The molecule has 8 heteroatoms. The quantitative estimate of drug-likeness (QED) is 0.542. The standard InChI is InChI=1S/C21H19ClN6O/c22-16-10-4-8-14-15-9-5-11-17(19(15)25-18(14)16)24-21(29)20(28-12-23-26-27-28)13-6-2-1-3-7-13/h1-4,6-8,10,12,17,20,25H,5,9,11H2,(H,24,29)/t17-,20-/m0/s1. The van der Waals surface area contributed by atoms with Crippen LogP contribution in [0.15, 0.2) is 54.9 Å². The summed E-state index contributed by atoms with van der Waals surface area (Å²) in [5.41, 5.74) is 4.03. The first-order chi connectivity index (χ1) is 14.2. The third kappa shape index (κ3) is 3.17. The summed E-state index contributed by atoms with van der Waals surface area (Å²) in [6, 6.07) is 14.7. The van der Waals surface area contributed by atoms with Crippen molar-refractivity contribution in [2.45, 2.75) is 31.3 Å². The summed E-state index contributed by atoms with van der Waals surface area (Å²) < 4.78 is 1.48. The molecule has 0 bridgehead atoms. The van der Waals surface area contributed by atoms with Crippen molar-refractivity contribution in [1.29, 1.82) is 0 Å². The van der Waals surface area contributed by atoms with Crippen molar-refractivity contribution in [2.24, 2.45) is 0 Å². The Bertz CT molecular complexity index is 1150. The lowest BCUT2D eigenvalue weighted by Gasteiger charge is -2.26. The number of amides is 1. The van der Waals surface area contributed by atoms with Gasteiger partial charge in [-0.3, -0.25) is 4.79 Å². The van der Waals surface area contributed by atoms with Crippen molar-refractivity contribution in [2.75, 3.05) is 0 Å². The summed E-state index contributed by atoms with van der Waals surface area (Å²) in [7, 11) is 0. The Morgan fingerprint density at radius 2 is 2.07 bits per heavy atom. The molecule has 0 radical (unpaired) electrons. The van der Waals surface area contributed by atoms with Crippen molar-refractivity contribution in [3.05, 3.63) is 76.7 Å². The van der Waals surface area contributed by atoms with Gasteiger partial charge in [0.2, 0.25) is 5.91 Å². The highest BCUT2D eigenvalue weighted by atomic mass is 35.5. The summed E-state index contributed by atoms with van der Waals surface area (Å²) in [5, 5.41) is 16.4. The molecule has 1 aliphatic carbocycles. The number of fused-ring (bicyclic) bond motifs is 3. The van der Waals surface area contributed by atoms with E-state index in [1.165, 1.54) is 16.6 Å². The molecule has 2 N–H and O–H groups in total. The van der Waals surface area contributed by atoms with Gasteiger partial charge in [0.15, 0.2) is 6.04 Å². The highest BCUT2D eigenvalue weighted by molar-refractivity contribution is 6.35. The summed E-state index contributed by atoms with van der Waals surface area (Å²) in [6.45, 7) is 0. The first-order valence-electron chi connectivity index (χ1n) is 9.59. The molecule has 0 saturated heterocycles. The van der Waals surface area contributed by atoms with Gasteiger partial charge < -0.3 is 10.3 Å². The third-order valence-electron chi connectivity index (χ3n) is 5.50. The number of halogens is 1. The molecule has 2 aromatic heterocycles. The summed E-state index contributed by atoms with van der Waals surface area (Å²) >= 11 is 6.38. The molecule has 7 nitrogen and oxygen atoms in total. The highest BCUT2D eigenvalue weighted by Crippen LogP contribution is 2.37. The van der Waals surface area contributed by atoms with Crippen LogP contribution >= 0.6 is 11.6 Å². The number of rotatable bonds is 4. The van der Waals surface area contributed by atoms with Crippen molar-refractivity contribution >= 4 is 28.4 Å². The number of tetrazole rings is 1. The maximum Gasteiger partial charge on any atom is 0.250 e. The van der Waals surface area contributed by atoms with E-state index in [9.17, 15) is 4.79 Å². The Balaban J connectivity index is 1.49. The first-order valence-corrected chi connectivity index (χ1v) is 9.97. The number of carbonyl (C=O) groups is 1. The number of aromatic nitrogens is 5. The predicted molar refractivity (Wildman–Crippen MR) is 110 cm³/mol. The number of aromatic amines is 1. The summed E-state index contributed by atoms with van der Waals surface area (Å²) in [6.07, 6.45) is 4.29. The van der Waals surface area contributed by atoms with Gasteiger partial charge in [0.05, 0.1) is 16.6 Å². The predicted octanol–water partition coefficient (Wildman–Crippen LogP) is 3.59. The second kappa shape index (κ2) is 7.33. The van der Waals surface area contributed by atoms with Gasteiger partial charge in [-0.05, 0) is 46.9 Å². The number of hydrogen-bond acceptors (Lipinski definition) is 4. The van der Waals surface area contributed by atoms with E-state index in [0.717, 1.165) is 41.4 Å². The lowest BCUT2D eigenvalue weighted by atomic mass is 9.91. The number of nitrogens with one attached hydrogen (secondary N) is 2. The molecule has 4 aromatic rings. The van der Waals surface area contributed by atoms with Crippen LogP contribution < -0.4 is 5.32 Å². The lowest BCUT2D eigenvalue weighted by Crippen LogP contribution is -2.37. The molecule has 0 aliphatic heterocycles. The Morgan fingerprint density at radius 3 is 2.86 bits per heavy atom. The Morgan fingerprint density at radius 1 is 1.21 bits per heavy atom. The molecule has 1 amide bonds. The number of nitrogens with zero attached hydrogens (tertiary/aromatic N) is 4. The monoisotopic (exact) mass is 406 g/mol. The van der Waals surface area contributed by atoms with Crippen LogP contribution in [0.3, 0.4) is 0 Å². The van der Waals surface area contributed by atoms with Gasteiger partial charge in [-0.1, -0.05) is 54.1 Å². The fraction of sp³-hybridized carbons (Fsp3) is 0.238. The zero-order valence-electron chi connectivity index (χ0n) is 15.5. The molecule has 0 saturated carbocycles. The van der Waals surface area contributed by atoms with Gasteiger partial charge in [-0.2, -0.15) is 0 Å². The van der Waals surface area contributed by atoms with Crippen LogP contribution in [0.5, 0.6) is 0 Å². The van der Waals surface area contributed by atoms with Gasteiger partial charge in [-0.15, -0.1) is 5.10 Å². The highest BCUT2D eigenvalue weighted by Gasteiger charge is 2.30. The largest absolute Gasteiger partial charge is 0.355 e. The molecule has 5 rings (SSSR count). The van der Waals surface area contributed by atoms with Gasteiger partial charge in [0.25, 0.3) is 0 Å². The average molecular weight is 407 g/mol. The van der Waals surface area contributed by atoms with E-state index in [2.05, 4.69) is 31.9 Å². The maximum absolute atomic E-state index is 13.3. The van der Waals surface area contributed by atoms with Crippen LogP contribution in [0.4, 0.5) is 0 Å². The van der Waals surface area contributed by atoms with E-state index in [1.807, 2.05) is 42.5 Å². The molecular formula is C21H19ClN6O. The van der Waals surface area contributed by atoms with Gasteiger partial charge in [-0.25, -0.2) is 4.68 Å². The third-order valence-corrected chi connectivity index (χ3v) is 5.82. The molecule has 29 heavy (non-hydrogen) atoms. The fourth-order valence-corrected chi connectivity index (χ4v) is 4.41. The van der Waals surface area contributed by atoms with Crippen molar-refractivity contribution in [1.82, 2.24) is 30.5 Å². The Kier molecular flexibility index (Phi) is 4.52. The van der Waals surface area contributed by atoms with Crippen LogP contribution in [0.25, 0.3) is 10.9 Å². The van der Waals surface area contributed by atoms with Crippen molar-refractivity contribution < 1.29 is 4.79 Å². The van der Waals surface area contributed by atoms with E-state index in [4.69, 9.17) is 11.6 Å². The lowest BCUT2D eigenvalue weighted by molar-refractivity contribution is -0.124. The molecular weight excluding hydrogens is 388 g/mol. The molecule has 1 aliphatic rings. The van der Waals surface area contributed by atoms with Crippen LogP contribution in [-0.2, 0) is 11.2 Å². The summed E-state index contributed by atoms with van der Waals surface area (Å²) in [4.78, 5) is 16.8. The molecule has 0 spiro atoms. The number of benzene rings is 2. The second-order valence-electron chi connectivity index (χ2n) is 7.24. The molecule has 2 aromatic carbocycles. The number of para-hydroxylation sites is 1. The SMILES string of the molecule is O=C(N[C@H]1CCCc2c1[nH]c1c(Cl)cccc21)[C@H](c1ccccc1)n1cnnn1. The summed E-state index contributed by atoms with van der Waals surface area (Å²) in [5.74, 6) is -0.147. The average Bonchev–Trinajstić information content (AvgIpc) is 3.39. The van der Waals surface area contributed by atoms with Crippen molar-refractivity contribution in [3.8, 4) is 0 Å². The molecule has 2 heterocycles. The minimum atomic E-state index is -0.635. The maximum atomic E-state index is 13.3. The van der Waals surface area contributed by atoms with E-state index >= 15 is 0 Å². The normalized spacial score (nSPS) is 17.1. The Labute approximate surface area is 172 Å². The number of hydrogen-bond donors (Lipinski definition) is 2. The van der Waals surface area contributed by atoms with Gasteiger partial charge in [0.1, 0.15) is 6.33 Å². The number of aryl methyl sites for hydroxylation is 1. The number of carbonyl (C=O) groups excluding carboxylic acids is 1. The van der Waals surface area contributed by atoms with Crippen LogP contribution in [0.2, 0.25) is 5.02 Å². The van der Waals surface area contributed by atoms with Crippen LogP contribution in [-0.4, -0.2) is 31.1 Å². The molecule has 0 fully saturated rings. The topological polar surface area (TPSA) is 88.5 Å². The van der Waals surface area contributed by atoms with Gasteiger partial charge >= 0.3 is 0 Å². The first kappa shape index (κ1) is 17.9. The zero-order valence-corrected chi connectivity index (χ0v) is 16.3. The molecule has 2 atom stereocenters. The van der Waals surface area contributed by atoms with Crippen LogP contribution in [0, 0.1) is 0 Å². The van der Waals surface area contributed by atoms with E-state index in [0.29, 0.717) is 5.02 Å². The molecule has 0 unspecified atom stereocenters. The van der Waals surface area contributed by atoms with E-state index in [1.54, 1.807) is 0 Å². The van der Waals surface area contributed by atoms with Crippen LogP contribution in [0.1, 0.15) is 41.7 Å². The van der Waals surface area contributed by atoms with Crippen molar-refractivity contribution in [3.63, 3.8) is 0 Å². The number of H-pyrrole nitrogens is 1. The smallest absolute Gasteiger partial charge is 0.250 e. The minimum absolute atomic E-state index is 0.114. The Hall–Kier alpha value is -3.19. The van der Waals surface area contributed by atoms with Gasteiger partial charge in [0, 0.05) is 11.1 Å². The fourth-order valence-electron chi connectivity index (χ4n) is 4.19. The molecule has 146 valence electrons. The van der Waals surface area contributed by atoms with E-state index < -0.39 is 6.04 Å². The second-order valence-corrected chi connectivity index (χ2v) is 7.64. The minimum Gasteiger partial charge on any atom is -0.355 e. The zero-order chi connectivity index (χ0) is 19.8.